The number of aliphatic hydroxyl groups excluding tert-OH is 1. The van der Waals surface area contributed by atoms with Gasteiger partial charge in [-0.3, -0.25) is 19.0 Å². The van der Waals surface area contributed by atoms with Gasteiger partial charge in [0.15, 0.2) is 0 Å². The van der Waals surface area contributed by atoms with Crippen LogP contribution in [0.2, 0.25) is 0 Å². The maximum Gasteiger partial charge on any atom is 0.387 e. The van der Waals surface area contributed by atoms with Gasteiger partial charge in [0.25, 0.3) is 5.56 Å². The summed E-state index contributed by atoms with van der Waals surface area (Å²) in [5.41, 5.74) is 2.84. The van der Waals surface area contributed by atoms with Crippen LogP contribution in [-0.2, 0) is 24.8 Å². The lowest BCUT2D eigenvalue weighted by Gasteiger charge is -2.39. The van der Waals surface area contributed by atoms with E-state index in [2.05, 4.69) is 16.0 Å². The van der Waals surface area contributed by atoms with Crippen molar-refractivity contribution in [3.05, 3.63) is 70.3 Å². The van der Waals surface area contributed by atoms with Crippen LogP contribution in [0.3, 0.4) is 0 Å². The summed E-state index contributed by atoms with van der Waals surface area (Å²) in [7, 11) is 1.60. The van der Waals surface area contributed by atoms with E-state index in [1.165, 1.54) is 10.7 Å². The van der Waals surface area contributed by atoms with Crippen LogP contribution in [0.15, 0.2) is 53.6 Å². The summed E-state index contributed by atoms with van der Waals surface area (Å²) < 4.78 is 34.1. The first kappa shape index (κ1) is 28.7. The van der Waals surface area contributed by atoms with Gasteiger partial charge in [-0.15, -0.1) is 0 Å². The Morgan fingerprint density at radius 2 is 1.93 bits per heavy atom. The molecule has 0 bridgehead atoms. The predicted octanol–water partition coefficient (Wildman–Crippen LogP) is 2.54. The molecule has 5 rings (SSSR count). The number of halogens is 2. The van der Waals surface area contributed by atoms with Gasteiger partial charge in [0, 0.05) is 56.2 Å². The van der Waals surface area contributed by atoms with Gasteiger partial charge >= 0.3 is 6.61 Å². The van der Waals surface area contributed by atoms with Gasteiger partial charge in [-0.05, 0) is 42.3 Å². The van der Waals surface area contributed by atoms with Crippen LogP contribution in [0.4, 0.5) is 14.7 Å². The Morgan fingerprint density at radius 3 is 2.60 bits per heavy atom. The Kier molecular flexibility index (Phi) is 8.17. The zero-order chi connectivity index (χ0) is 30.0. The number of fused-ring (bicyclic) bond motifs is 1. The van der Waals surface area contributed by atoms with E-state index >= 15 is 0 Å². The SMILES string of the molecule is C[C@@H]1CN(C(=O)CO)CCN1c1ncc(-c2ccc3c(=O)n(C)n(Cc4cc(CC#N)ccc4OC(F)F)c3c2)cn1. The third kappa shape index (κ3) is 5.66. The van der Waals surface area contributed by atoms with Crippen molar-refractivity contribution in [1.29, 1.82) is 5.26 Å². The molecule has 0 aliphatic carbocycles. The number of nitriles is 1. The fourth-order valence-electron chi connectivity index (χ4n) is 5.27. The van der Waals surface area contributed by atoms with Crippen molar-refractivity contribution in [1.82, 2.24) is 24.2 Å². The molecule has 0 unspecified atom stereocenters. The summed E-state index contributed by atoms with van der Waals surface area (Å²) in [6.07, 6.45) is 3.47. The summed E-state index contributed by atoms with van der Waals surface area (Å²) in [5, 5.41) is 18.7. The molecule has 1 aliphatic heterocycles. The number of carbonyl (C=O) groups excluding carboxylic acids is 1. The molecule has 1 saturated heterocycles. The van der Waals surface area contributed by atoms with E-state index in [0.717, 1.165) is 5.56 Å². The number of benzene rings is 2. The number of alkyl halides is 2. The van der Waals surface area contributed by atoms with Crippen LogP contribution >= 0.6 is 0 Å². The molecule has 2 aromatic heterocycles. The molecule has 1 amide bonds. The number of aromatic nitrogens is 4. The monoisotopic (exact) mass is 577 g/mol. The van der Waals surface area contributed by atoms with Gasteiger partial charge in [-0.2, -0.15) is 14.0 Å². The zero-order valence-corrected chi connectivity index (χ0v) is 23.1. The molecule has 1 atom stereocenters. The summed E-state index contributed by atoms with van der Waals surface area (Å²) in [6, 6.07) is 11.9. The highest BCUT2D eigenvalue weighted by Crippen LogP contribution is 2.28. The van der Waals surface area contributed by atoms with Crippen LogP contribution in [0.1, 0.15) is 18.1 Å². The normalized spacial score (nSPS) is 15.3. The Morgan fingerprint density at radius 1 is 1.17 bits per heavy atom. The number of hydrogen-bond donors (Lipinski definition) is 1. The lowest BCUT2D eigenvalue weighted by atomic mass is 10.1. The molecular weight excluding hydrogens is 548 g/mol. The van der Waals surface area contributed by atoms with Gasteiger partial charge in [-0.25, -0.2) is 9.97 Å². The van der Waals surface area contributed by atoms with E-state index < -0.39 is 13.2 Å². The quantitative estimate of drug-likeness (QED) is 0.338. The largest absolute Gasteiger partial charge is 0.434 e. The van der Waals surface area contributed by atoms with Crippen molar-refractivity contribution in [2.24, 2.45) is 7.05 Å². The number of piperazine rings is 1. The first-order chi connectivity index (χ1) is 20.2. The molecule has 11 nitrogen and oxygen atoms in total. The molecule has 0 spiro atoms. The second-order valence-electron chi connectivity index (χ2n) is 10.1. The molecule has 3 heterocycles. The summed E-state index contributed by atoms with van der Waals surface area (Å²) in [5.74, 6) is 0.181. The highest BCUT2D eigenvalue weighted by atomic mass is 19.3. The Balaban J connectivity index is 1.45. The van der Waals surface area contributed by atoms with E-state index in [9.17, 15) is 18.4 Å². The van der Waals surface area contributed by atoms with Crippen LogP contribution in [0, 0.1) is 11.3 Å². The van der Waals surface area contributed by atoms with Crippen molar-refractivity contribution >= 4 is 22.8 Å². The minimum atomic E-state index is -3.03. The smallest absolute Gasteiger partial charge is 0.387 e. The molecule has 218 valence electrons. The average Bonchev–Trinajstić information content (AvgIpc) is 3.22. The van der Waals surface area contributed by atoms with Crippen LogP contribution < -0.4 is 15.2 Å². The lowest BCUT2D eigenvalue weighted by molar-refractivity contribution is -0.134. The molecule has 42 heavy (non-hydrogen) atoms. The van der Waals surface area contributed by atoms with Gasteiger partial charge in [0.2, 0.25) is 11.9 Å². The van der Waals surface area contributed by atoms with E-state index in [-0.39, 0.29) is 36.2 Å². The minimum Gasteiger partial charge on any atom is -0.434 e. The number of aliphatic hydroxyl groups is 1. The van der Waals surface area contributed by atoms with E-state index in [1.807, 2.05) is 17.9 Å². The van der Waals surface area contributed by atoms with Crippen molar-refractivity contribution in [3.63, 3.8) is 0 Å². The number of amides is 1. The molecule has 1 fully saturated rings. The highest BCUT2D eigenvalue weighted by Gasteiger charge is 2.28. The second-order valence-corrected chi connectivity index (χ2v) is 10.1. The highest BCUT2D eigenvalue weighted by molar-refractivity contribution is 5.84. The molecule has 0 radical (unpaired) electrons. The number of ether oxygens (including phenoxy) is 1. The van der Waals surface area contributed by atoms with Crippen LogP contribution in [0.25, 0.3) is 22.0 Å². The molecule has 1 aliphatic rings. The first-order valence-electron chi connectivity index (χ1n) is 13.3. The van der Waals surface area contributed by atoms with Crippen LogP contribution in [0.5, 0.6) is 5.75 Å². The Labute approximate surface area is 239 Å². The maximum absolute atomic E-state index is 13.1. The maximum atomic E-state index is 13.1. The fourth-order valence-corrected chi connectivity index (χ4v) is 5.27. The van der Waals surface area contributed by atoms with Crippen molar-refractivity contribution in [3.8, 4) is 22.9 Å². The van der Waals surface area contributed by atoms with E-state index in [1.54, 1.807) is 53.3 Å². The fraction of sp³-hybridized carbons (Fsp3) is 0.345. The molecule has 0 saturated carbocycles. The number of carbonyl (C=O) groups is 1. The third-order valence-corrected chi connectivity index (χ3v) is 7.45. The van der Waals surface area contributed by atoms with E-state index in [0.29, 0.717) is 53.2 Å². The number of nitrogens with zero attached hydrogens (tertiary/aromatic N) is 7. The van der Waals surface area contributed by atoms with Crippen LogP contribution in [-0.4, -0.2) is 74.1 Å². The molecule has 13 heteroatoms. The standard InChI is InChI=1S/C29H29F2N7O4/c1-18-15-36(26(40)17-39)9-10-37(18)29-33-13-22(14-34-29)20-4-5-23-24(12-20)38(35(2)27(23)41)16-21-11-19(7-8-32)3-6-25(21)42-28(30)31/h3-6,11-14,18,28,39H,7,9-10,15-17H2,1-2H3/t18-/m1/s1. The molecule has 2 aromatic carbocycles. The Hall–Kier alpha value is -4.83. The summed E-state index contributed by atoms with van der Waals surface area (Å²) in [6.45, 7) is -0.0867. The minimum absolute atomic E-state index is 0.0306. The average molecular weight is 578 g/mol. The number of rotatable bonds is 8. The molecule has 4 aromatic rings. The second kappa shape index (κ2) is 12.0. The first-order valence-corrected chi connectivity index (χ1v) is 13.3. The van der Waals surface area contributed by atoms with Crippen molar-refractivity contribution in [2.45, 2.75) is 32.5 Å². The Bertz CT molecular complexity index is 1710. The number of anilines is 1. The number of hydrogen-bond acceptors (Lipinski definition) is 8. The summed E-state index contributed by atoms with van der Waals surface area (Å²) >= 11 is 0. The van der Waals surface area contributed by atoms with Gasteiger partial charge < -0.3 is 19.6 Å². The topological polar surface area (TPSA) is 130 Å². The van der Waals surface area contributed by atoms with Gasteiger partial charge in [0.05, 0.1) is 29.9 Å². The summed E-state index contributed by atoms with van der Waals surface area (Å²) in [4.78, 5) is 37.6. The predicted molar refractivity (Wildman–Crippen MR) is 150 cm³/mol. The van der Waals surface area contributed by atoms with Crippen molar-refractivity contribution < 1.29 is 23.4 Å². The third-order valence-electron chi connectivity index (χ3n) is 7.45. The molecule has 1 N–H and O–H groups in total. The van der Waals surface area contributed by atoms with Crippen molar-refractivity contribution in [2.75, 3.05) is 31.1 Å². The van der Waals surface area contributed by atoms with Gasteiger partial charge in [0.1, 0.15) is 12.4 Å². The zero-order valence-electron chi connectivity index (χ0n) is 23.1. The molecular formula is C29H29F2N7O4. The van der Waals surface area contributed by atoms with Gasteiger partial charge in [-0.1, -0.05) is 12.1 Å². The van der Waals surface area contributed by atoms with E-state index in [4.69, 9.17) is 15.1 Å². The lowest BCUT2D eigenvalue weighted by Crippen LogP contribution is -2.54.